The molecule has 3 nitrogen and oxygen atoms in total. The van der Waals surface area contributed by atoms with Crippen LogP contribution in [-0.2, 0) is 4.79 Å². The van der Waals surface area contributed by atoms with Gasteiger partial charge in [0, 0.05) is 19.0 Å². The van der Waals surface area contributed by atoms with Gasteiger partial charge in [-0.15, -0.1) is 0 Å². The molecule has 2 aliphatic rings. The fourth-order valence-corrected chi connectivity index (χ4v) is 2.55. The Kier molecular flexibility index (Phi) is 3.06. The quantitative estimate of drug-likeness (QED) is 0.674. The Morgan fingerprint density at radius 2 is 2.07 bits per heavy atom. The van der Waals surface area contributed by atoms with E-state index in [1.54, 1.807) is 0 Å². The van der Waals surface area contributed by atoms with E-state index in [9.17, 15) is 4.79 Å². The van der Waals surface area contributed by atoms with Crippen molar-refractivity contribution in [2.75, 3.05) is 26.2 Å². The molecule has 2 rings (SSSR count). The van der Waals surface area contributed by atoms with E-state index in [4.69, 9.17) is 0 Å². The van der Waals surface area contributed by atoms with E-state index in [0.29, 0.717) is 11.8 Å². The fraction of sp³-hybridized carbons (Fsp3) is 0.909. The van der Waals surface area contributed by atoms with Crippen molar-refractivity contribution in [1.29, 1.82) is 0 Å². The van der Waals surface area contributed by atoms with Crippen LogP contribution in [0.3, 0.4) is 0 Å². The summed E-state index contributed by atoms with van der Waals surface area (Å²) in [4.78, 5) is 14.2. The number of amides is 1. The second kappa shape index (κ2) is 4.30. The average Bonchev–Trinajstić information content (AvgIpc) is 2.70. The highest BCUT2D eigenvalue weighted by molar-refractivity contribution is 5.79. The maximum Gasteiger partial charge on any atom is 0.226 e. The first-order valence-electron chi connectivity index (χ1n) is 5.78. The van der Waals surface area contributed by atoms with Gasteiger partial charge in [-0.1, -0.05) is 6.92 Å². The standard InChI is InChI=1S/C11H20N2O/c1-9-8-12-5-4-10(9)11(14)13-6-2-3-7-13/h9-10,12H,2-8H2,1H3/t9-,10+/m1/s1. The number of carbonyl (C=O) groups excluding carboxylic acids is 1. The molecule has 1 amide bonds. The molecule has 14 heavy (non-hydrogen) atoms. The van der Waals surface area contributed by atoms with E-state index in [-0.39, 0.29) is 5.92 Å². The Hall–Kier alpha value is -0.570. The second-order valence-electron chi connectivity index (χ2n) is 4.61. The molecule has 3 heteroatoms. The van der Waals surface area contributed by atoms with Crippen LogP contribution in [0, 0.1) is 11.8 Å². The second-order valence-corrected chi connectivity index (χ2v) is 4.61. The van der Waals surface area contributed by atoms with Crippen molar-refractivity contribution in [3.63, 3.8) is 0 Å². The van der Waals surface area contributed by atoms with Crippen molar-refractivity contribution in [3.8, 4) is 0 Å². The molecule has 0 spiro atoms. The van der Waals surface area contributed by atoms with Crippen LogP contribution in [0.15, 0.2) is 0 Å². The average molecular weight is 196 g/mol. The van der Waals surface area contributed by atoms with Crippen molar-refractivity contribution in [1.82, 2.24) is 10.2 Å². The Morgan fingerprint density at radius 1 is 1.36 bits per heavy atom. The maximum atomic E-state index is 12.1. The van der Waals surface area contributed by atoms with Crippen LogP contribution in [0.5, 0.6) is 0 Å². The monoisotopic (exact) mass is 196 g/mol. The van der Waals surface area contributed by atoms with Crippen molar-refractivity contribution >= 4 is 5.91 Å². The normalized spacial score (nSPS) is 33.4. The Labute approximate surface area is 85.8 Å². The largest absolute Gasteiger partial charge is 0.342 e. The summed E-state index contributed by atoms with van der Waals surface area (Å²) < 4.78 is 0. The highest BCUT2D eigenvalue weighted by atomic mass is 16.2. The summed E-state index contributed by atoms with van der Waals surface area (Å²) in [5, 5.41) is 3.34. The highest BCUT2D eigenvalue weighted by Gasteiger charge is 2.31. The summed E-state index contributed by atoms with van der Waals surface area (Å²) in [5.74, 6) is 1.21. The summed E-state index contributed by atoms with van der Waals surface area (Å²) in [6, 6.07) is 0. The highest BCUT2D eigenvalue weighted by Crippen LogP contribution is 2.23. The molecule has 0 bridgehead atoms. The third-order valence-electron chi connectivity index (χ3n) is 3.52. The number of piperidine rings is 1. The van der Waals surface area contributed by atoms with Gasteiger partial charge in [-0.05, 0) is 38.3 Å². The number of hydrogen-bond acceptors (Lipinski definition) is 2. The Balaban J connectivity index is 1.94. The van der Waals surface area contributed by atoms with Crippen LogP contribution in [0.4, 0.5) is 0 Å². The van der Waals surface area contributed by atoms with Crippen LogP contribution in [0.2, 0.25) is 0 Å². The molecule has 0 aliphatic carbocycles. The van der Waals surface area contributed by atoms with Crippen LogP contribution < -0.4 is 5.32 Å². The summed E-state index contributed by atoms with van der Waals surface area (Å²) in [6.45, 7) is 6.19. The smallest absolute Gasteiger partial charge is 0.226 e. The molecule has 1 N–H and O–H groups in total. The summed E-state index contributed by atoms with van der Waals surface area (Å²) in [6.07, 6.45) is 3.42. The Bertz CT molecular complexity index is 211. The number of rotatable bonds is 1. The first kappa shape index (κ1) is 9.97. The number of carbonyl (C=O) groups is 1. The number of hydrogen-bond donors (Lipinski definition) is 1. The van der Waals surface area contributed by atoms with Crippen LogP contribution >= 0.6 is 0 Å². The maximum absolute atomic E-state index is 12.1. The van der Waals surface area contributed by atoms with Crippen molar-refractivity contribution < 1.29 is 4.79 Å². The molecular weight excluding hydrogens is 176 g/mol. The van der Waals surface area contributed by atoms with Gasteiger partial charge in [0.1, 0.15) is 0 Å². The lowest BCUT2D eigenvalue weighted by atomic mass is 9.87. The number of nitrogens with zero attached hydrogens (tertiary/aromatic N) is 1. The lowest BCUT2D eigenvalue weighted by Crippen LogP contribution is -2.44. The number of nitrogens with one attached hydrogen (secondary N) is 1. The number of likely N-dealkylation sites (tertiary alicyclic amines) is 1. The molecule has 2 fully saturated rings. The minimum atomic E-state index is 0.286. The van der Waals surface area contributed by atoms with Crippen LogP contribution in [-0.4, -0.2) is 37.0 Å². The topological polar surface area (TPSA) is 32.3 Å². The third-order valence-corrected chi connectivity index (χ3v) is 3.52. The van der Waals surface area contributed by atoms with Gasteiger partial charge in [-0.2, -0.15) is 0 Å². The molecule has 2 saturated heterocycles. The van der Waals surface area contributed by atoms with Gasteiger partial charge in [0.15, 0.2) is 0 Å². The first-order chi connectivity index (χ1) is 6.79. The lowest BCUT2D eigenvalue weighted by Gasteiger charge is -2.31. The Morgan fingerprint density at radius 3 is 2.71 bits per heavy atom. The summed E-state index contributed by atoms with van der Waals surface area (Å²) in [7, 11) is 0. The predicted molar refractivity (Wildman–Crippen MR) is 56.0 cm³/mol. The fourth-order valence-electron chi connectivity index (χ4n) is 2.55. The van der Waals surface area contributed by atoms with E-state index in [2.05, 4.69) is 17.1 Å². The zero-order valence-corrected chi connectivity index (χ0v) is 8.96. The molecule has 2 aliphatic heterocycles. The summed E-state index contributed by atoms with van der Waals surface area (Å²) >= 11 is 0. The zero-order chi connectivity index (χ0) is 9.97. The minimum absolute atomic E-state index is 0.286. The van der Waals surface area contributed by atoms with E-state index < -0.39 is 0 Å². The van der Waals surface area contributed by atoms with Gasteiger partial charge in [-0.3, -0.25) is 4.79 Å². The predicted octanol–water partition coefficient (Wildman–Crippen LogP) is 0.854. The van der Waals surface area contributed by atoms with Gasteiger partial charge in [0.2, 0.25) is 5.91 Å². The van der Waals surface area contributed by atoms with Gasteiger partial charge in [0.05, 0.1) is 0 Å². The molecule has 2 atom stereocenters. The molecule has 0 aromatic carbocycles. The molecule has 2 heterocycles. The van der Waals surface area contributed by atoms with Gasteiger partial charge in [-0.25, -0.2) is 0 Å². The van der Waals surface area contributed by atoms with Crippen LogP contribution in [0.1, 0.15) is 26.2 Å². The molecule has 0 aromatic heterocycles. The molecule has 0 aromatic rings. The molecule has 0 unspecified atom stereocenters. The van der Waals surface area contributed by atoms with E-state index in [1.165, 1.54) is 12.8 Å². The van der Waals surface area contributed by atoms with Crippen molar-refractivity contribution in [2.24, 2.45) is 11.8 Å². The van der Waals surface area contributed by atoms with Gasteiger partial charge < -0.3 is 10.2 Å². The van der Waals surface area contributed by atoms with Crippen LogP contribution in [0.25, 0.3) is 0 Å². The first-order valence-corrected chi connectivity index (χ1v) is 5.78. The summed E-state index contributed by atoms with van der Waals surface area (Å²) in [5.41, 5.74) is 0. The third kappa shape index (κ3) is 1.92. The molecule has 80 valence electrons. The SMILES string of the molecule is C[C@@H]1CNCC[C@@H]1C(=O)N1CCCC1. The van der Waals surface area contributed by atoms with Crippen molar-refractivity contribution in [2.45, 2.75) is 26.2 Å². The van der Waals surface area contributed by atoms with E-state index in [0.717, 1.165) is 32.6 Å². The van der Waals surface area contributed by atoms with Crippen molar-refractivity contribution in [3.05, 3.63) is 0 Å². The van der Waals surface area contributed by atoms with Gasteiger partial charge in [0.25, 0.3) is 0 Å². The minimum Gasteiger partial charge on any atom is -0.342 e. The van der Waals surface area contributed by atoms with E-state index >= 15 is 0 Å². The molecule has 0 radical (unpaired) electrons. The van der Waals surface area contributed by atoms with Gasteiger partial charge >= 0.3 is 0 Å². The molecular formula is C11H20N2O. The lowest BCUT2D eigenvalue weighted by molar-refractivity contribution is -0.136. The zero-order valence-electron chi connectivity index (χ0n) is 8.96. The van der Waals surface area contributed by atoms with E-state index in [1.807, 2.05) is 0 Å². The molecule has 0 saturated carbocycles.